The molecule has 0 spiro atoms. The van der Waals surface area contributed by atoms with Crippen LogP contribution in [0, 0.1) is 0 Å². The van der Waals surface area contributed by atoms with Crippen LogP contribution in [0.1, 0.15) is 19.8 Å². The third kappa shape index (κ3) is 6.10. The Morgan fingerprint density at radius 1 is 1.40 bits per heavy atom. The first kappa shape index (κ1) is 12.9. The lowest BCUT2D eigenvalue weighted by atomic mass is 10.3. The van der Waals surface area contributed by atoms with Crippen molar-refractivity contribution in [2.24, 2.45) is 5.73 Å². The van der Waals surface area contributed by atoms with Crippen LogP contribution in [0.25, 0.3) is 0 Å². The van der Waals surface area contributed by atoms with Crippen molar-refractivity contribution < 1.29 is 4.74 Å². The number of hydrogen-bond acceptors (Lipinski definition) is 4. The van der Waals surface area contributed by atoms with Gasteiger partial charge in [0, 0.05) is 13.1 Å². The second-order valence-electron chi connectivity index (χ2n) is 4.23. The highest BCUT2D eigenvalue weighted by atomic mass is 16.5. The van der Waals surface area contributed by atoms with Crippen molar-refractivity contribution in [2.75, 3.05) is 45.9 Å². The minimum atomic E-state index is 0.406. The normalized spacial score (nSPS) is 23.2. The van der Waals surface area contributed by atoms with Crippen LogP contribution in [0.15, 0.2) is 0 Å². The van der Waals surface area contributed by atoms with Crippen LogP contribution < -0.4 is 11.1 Å². The summed E-state index contributed by atoms with van der Waals surface area (Å²) in [4.78, 5) is 2.48. The summed E-state index contributed by atoms with van der Waals surface area (Å²) in [5.74, 6) is 0. The molecule has 0 bridgehead atoms. The molecule has 4 nitrogen and oxygen atoms in total. The zero-order valence-corrected chi connectivity index (χ0v) is 9.87. The van der Waals surface area contributed by atoms with E-state index in [-0.39, 0.29) is 0 Å². The van der Waals surface area contributed by atoms with E-state index in [9.17, 15) is 0 Å². The first-order valence-electron chi connectivity index (χ1n) is 6.07. The molecule has 1 aliphatic heterocycles. The largest absolute Gasteiger partial charge is 0.376 e. The predicted octanol–water partition coefficient (Wildman–Crippen LogP) is 0.0356. The first-order chi connectivity index (χ1) is 7.33. The second-order valence-corrected chi connectivity index (χ2v) is 4.23. The number of morpholine rings is 1. The Kier molecular flexibility index (Phi) is 6.92. The van der Waals surface area contributed by atoms with E-state index in [1.807, 2.05) is 0 Å². The van der Waals surface area contributed by atoms with E-state index < -0.39 is 0 Å². The molecule has 0 aromatic carbocycles. The van der Waals surface area contributed by atoms with Gasteiger partial charge < -0.3 is 15.8 Å². The number of rotatable bonds is 7. The molecule has 0 aromatic rings. The van der Waals surface area contributed by atoms with Gasteiger partial charge in [-0.25, -0.2) is 0 Å². The lowest BCUT2D eigenvalue weighted by Crippen LogP contribution is -2.42. The molecule has 0 aliphatic carbocycles. The monoisotopic (exact) mass is 215 g/mol. The van der Waals surface area contributed by atoms with E-state index in [4.69, 9.17) is 10.5 Å². The number of hydrogen-bond donors (Lipinski definition) is 2. The molecule has 1 fully saturated rings. The first-order valence-corrected chi connectivity index (χ1v) is 6.07. The van der Waals surface area contributed by atoms with Crippen molar-refractivity contribution in [2.45, 2.75) is 25.9 Å². The van der Waals surface area contributed by atoms with Crippen molar-refractivity contribution in [1.82, 2.24) is 10.2 Å². The lowest BCUT2D eigenvalue weighted by Gasteiger charge is -2.31. The lowest BCUT2D eigenvalue weighted by molar-refractivity contribution is -0.0183. The molecule has 1 saturated heterocycles. The summed E-state index contributed by atoms with van der Waals surface area (Å²) in [7, 11) is 0. The molecule has 90 valence electrons. The quantitative estimate of drug-likeness (QED) is 0.589. The van der Waals surface area contributed by atoms with Gasteiger partial charge in [-0.1, -0.05) is 0 Å². The van der Waals surface area contributed by atoms with Crippen LogP contribution in [0.3, 0.4) is 0 Å². The Morgan fingerprint density at radius 2 is 2.20 bits per heavy atom. The van der Waals surface area contributed by atoms with E-state index in [0.29, 0.717) is 6.10 Å². The standard InChI is InChI=1S/C11H25N3O/c1-11-10-14(8-9-15-11)7-3-6-13-5-2-4-12/h11,13H,2-10,12H2,1H3. The molecule has 0 saturated carbocycles. The smallest absolute Gasteiger partial charge is 0.0674 e. The van der Waals surface area contributed by atoms with Gasteiger partial charge in [-0.15, -0.1) is 0 Å². The van der Waals surface area contributed by atoms with Crippen molar-refractivity contribution in [3.63, 3.8) is 0 Å². The molecule has 0 aromatic heterocycles. The molecular weight excluding hydrogens is 190 g/mol. The molecule has 1 unspecified atom stereocenters. The Labute approximate surface area is 93.1 Å². The van der Waals surface area contributed by atoms with Crippen molar-refractivity contribution in [3.8, 4) is 0 Å². The third-order valence-electron chi connectivity index (χ3n) is 2.71. The predicted molar refractivity (Wildman–Crippen MR) is 63.0 cm³/mol. The van der Waals surface area contributed by atoms with E-state index in [1.165, 1.54) is 13.0 Å². The average Bonchev–Trinajstić information content (AvgIpc) is 2.23. The minimum absolute atomic E-state index is 0.406. The van der Waals surface area contributed by atoms with Crippen LogP contribution in [0.5, 0.6) is 0 Å². The number of nitrogens with two attached hydrogens (primary N) is 1. The van der Waals surface area contributed by atoms with Crippen molar-refractivity contribution in [3.05, 3.63) is 0 Å². The molecule has 1 rings (SSSR count). The molecular formula is C11H25N3O. The van der Waals surface area contributed by atoms with Gasteiger partial charge >= 0.3 is 0 Å². The summed E-state index contributed by atoms with van der Waals surface area (Å²) in [6.07, 6.45) is 2.70. The summed E-state index contributed by atoms with van der Waals surface area (Å²) in [5, 5.41) is 3.40. The number of nitrogens with zero attached hydrogens (tertiary/aromatic N) is 1. The summed E-state index contributed by atoms with van der Waals surface area (Å²) >= 11 is 0. The Morgan fingerprint density at radius 3 is 2.93 bits per heavy atom. The fraction of sp³-hybridized carbons (Fsp3) is 1.00. The highest BCUT2D eigenvalue weighted by molar-refractivity contribution is 4.68. The highest BCUT2D eigenvalue weighted by Crippen LogP contribution is 2.04. The zero-order chi connectivity index (χ0) is 10.9. The SMILES string of the molecule is CC1CN(CCCNCCCN)CCO1. The van der Waals surface area contributed by atoms with Gasteiger partial charge in [-0.3, -0.25) is 4.90 Å². The molecule has 4 heteroatoms. The van der Waals surface area contributed by atoms with Crippen LogP contribution in [-0.2, 0) is 4.74 Å². The van der Waals surface area contributed by atoms with Gasteiger partial charge in [0.15, 0.2) is 0 Å². The van der Waals surface area contributed by atoms with Crippen LogP contribution >= 0.6 is 0 Å². The van der Waals surface area contributed by atoms with Gasteiger partial charge in [-0.05, 0) is 45.9 Å². The van der Waals surface area contributed by atoms with Crippen LogP contribution in [0.4, 0.5) is 0 Å². The fourth-order valence-corrected chi connectivity index (χ4v) is 1.87. The zero-order valence-electron chi connectivity index (χ0n) is 9.87. The summed E-state index contributed by atoms with van der Waals surface area (Å²) < 4.78 is 5.50. The average molecular weight is 215 g/mol. The molecule has 0 amide bonds. The van der Waals surface area contributed by atoms with Gasteiger partial charge in [0.2, 0.25) is 0 Å². The highest BCUT2D eigenvalue weighted by Gasteiger charge is 2.15. The van der Waals surface area contributed by atoms with E-state index in [2.05, 4.69) is 17.1 Å². The molecule has 3 N–H and O–H groups in total. The Balaban J connectivity index is 1.90. The van der Waals surface area contributed by atoms with Crippen molar-refractivity contribution >= 4 is 0 Å². The maximum absolute atomic E-state index is 5.50. The molecule has 1 atom stereocenters. The van der Waals surface area contributed by atoms with Crippen molar-refractivity contribution in [1.29, 1.82) is 0 Å². The summed E-state index contributed by atoms with van der Waals surface area (Å²) in [5.41, 5.74) is 5.41. The van der Waals surface area contributed by atoms with Gasteiger partial charge in [0.1, 0.15) is 0 Å². The van der Waals surface area contributed by atoms with Crippen LogP contribution in [-0.4, -0.2) is 56.9 Å². The number of ether oxygens (including phenoxy) is 1. The maximum atomic E-state index is 5.50. The second kappa shape index (κ2) is 8.05. The van der Waals surface area contributed by atoms with Crippen LogP contribution in [0.2, 0.25) is 0 Å². The maximum Gasteiger partial charge on any atom is 0.0674 e. The summed E-state index contributed by atoms with van der Waals surface area (Å²) in [6.45, 7) is 9.34. The molecule has 1 aliphatic rings. The minimum Gasteiger partial charge on any atom is -0.376 e. The fourth-order valence-electron chi connectivity index (χ4n) is 1.87. The molecule has 0 radical (unpaired) electrons. The topological polar surface area (TPSA) is 50.5 Å². The van der Waals surface area contributed by atoms with E-state index >= 15 is 0 Å². The number of nitrogens with one attached hydrogen (secondary N) is 1. The third-order valence-corrected chi connectivity index (χ3v) is 2.71. The van der Waals surface area contributed by atoms with E-state index in [1.54, 1.807) is 0 Å². The Hall–Kier alpha value is -0.160. The molecule has 15 heavy (non-hydrogen) atoms. The Bertz CT molecular complexity index is 155. The van der Waals surface area contributed by atoms with E-state index in [0.717, 1.165) is 45.8 Å². The van der Waals surface area contributed by atoms with Gasteiger partial charge in [-0.2, -0.15) is 0 Å². The van der Waals surface area contributed by atoms with Gasteiger partial charge in [0.25, 0.3) is 0 Å². The molecule has 1 heterocycles. The van der Waals surface area contributed by atoms with Gasteiger partial charge in [0.05, 0.1) is 12.7 Å². The summed E-state index contributed by atoms with van der Waals surface area (Å²) in [6, 6.07) is 0.